The highest BCUT2D eigenvalue weighted by molar-refractivity contribution is 7.09. The third kappa shape index (κ3) is 2.68. The molecule has 2 aromatic heterocycles. The van der Waals surface area contributed by atoms with E-state index in [1.807, 2.05) is 30.5 Å². The largest absolute Gasteiger partial charge is 0.475 e. The molecule has 5 nitrogen and oxygen atoms in total. The predicted molar refractivity (Wildman–Crippen MR) is 80.5 cm³/mol. The minimum atomic E-state index is -1.05. The molecule has 2 heterocycles. The van der Waals surface area contributed by atoms with Gasteiger partial charge in [0.2, 0.25) is 5.76 Å². The van der Waals surface area contributed by atoms with Gasteiger partial charge in [-0.15, -0.1) is 11.3 Å². The van der Waals surface area contributed by atoms with Crippen LogP contribution in [0.25, 0.3) is 11.0 Å². The zero-order valence-electron chi connectivity index (χ0n) is 11.4. The Bertz CT molecular complexity index is 764. The van der Waals surface area contributed by atoms with E-state index in [4.69, 9.17) is 4.42 Å². The van der Waals surface area contributed by atoms with Gasteiger partial charge in [0.25, 0.3) is 0 Å². The number of hydrogen-bond acceptors (Lipinski definition) is 5. The van der Waals surface area contributed by atoms with Crippen LogP contribution in [0.3, 0.4) is 0 Å². The lowest BCUT2D eigenvalue weighted by Gasteiger charge is -2.10. The van der Waals surface area contributed by atoms with Crippen LogP contribution < -0.4 is 5.32 Å². The molecule has 21 heavy (non-hydrogen) atoms. The maximum absolute atomic E-state index is 11.3. The van der Waals surface area contributed by atoms with Crippen LogP contribution in [0.4, 0.5) is 0 Å². The summed E-state index contributed by atoms with van der Waals surface area (Å²) in [5, 5.41) is 16.3. The quantitative estimate of drug-likeness (QED) is 0.755. The average Bonchev–Trinajstić information content (AvgIpc) is 3.12. The van der Waals surface area contributed by atoms with Gasteiger partial charge in [-0.3, -0.25) is 0 Å². The van der Waals surface area contributed by atoms with E-state index >= 15 is 0 Å². The van der Waals surface area contributed by atoms with Crippen molar-refractivity contribution in [1.82, 2.24) is 10.3 Å². The molecule has 1 unspecified atom stereocenters. The molecule has 2 N–H and O–H groups in total. The number of hydrogen-bond donors (Lipinski definition) is 2. The number of carboxylic acids is 1. The molecule has 3 aromatic rings. The van der Waals surface area contributed by atoms with Gasteiger partial charge < -0.3 is 14.8 Å². The number of para-hydroxylation sites is 1. The van der Waals surface area contributed by atoms with Crippen LogP contribution in [0, 0.1) is 0 Å². The molecule has 1 aromatic carbocycles. The van der Waals surface area contributed by atoms with Gasteiger partial charge in [-0.1, -0.05) is 18.2 Å². The van der Waals surface area contributed by atoms with E-state index in [1.54, 1.807) is 23.6 Å². The van der Waals surface area contributed by atoms with Gasteiger partial charge in [0, 0.05) is 29.1 Å². The van der Waals surface area contributed by atoms with Gasteiger partial charge >= 0.3 is 5.97 Å². The summed E-state index contributed by atoms with van der Waals surface area (Å²) in [6.07, 6.45) is 1.76. The third-order valence-corrected chi connectivity index (χ3v) is 4.26. The number of carboxylic acid groups (broad SMARTS) is 1. The van der Waals surface area contributed by atoms with Crippen LogP contribution in [-0.2, 0) is 6.54 Å². The van der Waals surface area contributed by atoms with E-state index in [-0.39, 0.29) is 11.8 Å². The second-order valence-electron chi connectivity index (χ2n) is 4.68. The summed E-state index contributed by atoms with van der Waals surface area (Å²) < 4.78 is 5.43. The molecule has 0 bridgehead atoms. The minimum absolute atomic E-state index is 0.00459. The average molecular weight is 302 g/mol. The van der Waals surface area contributed by atoms with Gasteiger partial charge in [0.05, 0.1) is 6.04 Å². The van der Waals surface area contributed by atoms with Gasteiger partial charge in [-0.05, 0) is 13.0 Å². The number of fused-ring (bicyclic) bond motifs is 1. The molecular formula is C15H14N2O3S. The third-order valence-electron chi connectivity index (χ3n) is 3.30. The number of nitrogens with zero attached hydrogens (tertiary/aromatic N) is 1. The predicted octanol–water partition coefficient (Wildman–Crippen LogP) is 3.44. The molecule has 0 aliphatic carbocycles. The highest BCUT2D eigenvalue weighted by Crippen LogP contribution is 2.26. The Morgan fingerprint density at radius 1 is 1.48 bits per heavy atom. The number of aromatic carboxylic acids is 1. The van der Waals surface area contributed by atoms with E-state index in [2.05, 4.69) is 10.3 Å². The Labute approximate surface area is 125 Å². The summed E-state index contributed by atoms with van der Waals surface area (Å²) in [5.74, 6) is -1.06. The minimum Gasteiger partial charge on any atom is -0.475 e. The highest BCUT2D eigenvalue weighted by atomic mass is 32.1. The van der Waals surface area contributed by atoms with Crippen LogP contribution in [0.5, 0.6) is 0 Å². The standard InChI is InChI=1S/C15H14N2O3S/c1-9(14-16-6-7-21-14)17-8-11-10-4-2-3-5-12(10)20-13(11)15(18)19/h2-7,9,17H,8H2,1H3,(H,18,19). The fraction of sp³-hybridized carbons (Fsp3) is 0.200. The summed E-state index contributed by atoms with van der Waals surface area (Å²) in [6.45, 7) is 2.42. The molecule has 0 amide bonds. The molecule has 0 aliphatic rings. The fourth-order valence-corrected chi connectivity index (χ4v) is 2.91. The monoisotopic (exact) mass is 302 g/mol. The normalized spacial score (nSPS) is 12.6. The molecule has 6 heteroatoms. The van der Waals surface area contributed by atoms with Crippen LogP contribution in [0.1, 0.15) is 34.1 Å². The van der Waals surface area contributed by atoms with Crippen molar-refractivity contribution in [1.29, 1.82) is 0 Å². The highest BCUT2D eigenvalue weighted by Gasteiger charge is 2.20. The summed E-state index contributed by atoms with van der Waals surface area (Å²) in [5.41, 5.74) is 1.26. The molecule has 108 valence electrons. The first kappa shape index (κ1) is 13.8. The smallest absolute Gasteiger partial charge is 0.372 e. The van der Waals surface area contributed by atoms with Gasteiger partial charge in [-0.2, -0.15) is 0 Å². The van der Waals surface area contributed by atoms with Crippen molar-refractivity contribution < 1.29 is 14.3 Å². The molecule has 0 saturated carbocycles. The van der Waals surface area contributed by atoms with Crippen molar-refractivity contribution in [3.8, 4) is 0 Å². The molecule has 0 aliphatic heterocycles. The second-order valence-corrected chi connectivity index (χ2v) is 5.61. The first-order valence-corrected chi connectivity index (χ1v) is 7.41. The lowest BCUT2D eigenvalue weighted by atomic mass is 10.1. The zero-order chi connectivity index (χ0) is 14.8. The summed E-state index contributed by atoms with van der Waals surface area (Å²) in [4.78, 5) is 15.6. The summed E-state index contributed by atoms with van der Waals surface area (Å²) >= 11 is 1.57. The first-order valence-electron chi connectivity index (χ1n) is 6.53. The van der Waals surface area contributed by atoms with Crippen LogP contribution in [0.2, 0.25) is 0 Å². The van der Waals surface area contributed by atoms with Crippen molar-refractivity contribution >= 4 is 28.3 Å². The molecule has 0 radical (unpaired) electrons. The Morgan fingerprint density at radius 3 is 3.00 bits per heavy atom. The lowest BCUT2D eigenvalue weighted by molar-refractivity contribution is 0.0663. The lowest BCUT2D eigenvalue weighted by Crippen LogP contribution is -2.19. The number of aromatic nitrogens is 1. The number of benzene rings is 1. The maximum atomic E-state index is 11.3. The van der Waals surface area contributed by atoms with Crippen molar-refractivity contribution in [2.75, 3.05) is 0 Å². The first-order chi connectivity index (χ1) is 10.2. The summed E-state index contributed by atoms with van der Waals surface area (Å²) in [7, 11) is 0. The number of nitrogens with one attached hydrogen (secondary N) is 1. The van der Waals surface area contributed by atoms with Gasteiger partial charge in [0.1, 0.15) is 10.6 Å². The second kappa shape index (κ2) is 5.67. The van der Waals surface area contributed by atoms with Crippen molar-refractivity contribution in [2.24, 2.45) is 0 Å². The molecule has 0 spiro atoms. The van der Waals surface area contributed by atoms with E-state index in [1.165, 1.54) is 0 Å². The number of rotatable bonds is 5. The van der Waals surface area contributed by atoms with Crippen LogP contribution in [-0.4, -0.2) is 16.1 Å². The zero-order valence-corrected chi connectivity index (χ0v) is 12.2. The van der Waals surface area contributed by atoms with E-state index < -0.39 is 5.97 Å². The van der Waals surface area contributed by atoms with Gasteiger partial charge in [-0.25, -0.2) is 9.78 Å². The fourth-order valence-electron chi connectivity index (χ4n) is 2.24. The SMILES string of the molecule is CC(NCc1c(C(=O)O)oc2ccccc12)c1nccs1. The molecule has 3 rings (SSSR count). The number of furan rings is 1. The van der Waals surface area contributed by atoms with Crippen molar-refractivity contribution in [3.05, 3.63) is 52.2 Å². The van der Waals surface area contributed by atoms with Crippen molar-refractivity contribution in [3.63, 3.8) is 0 Å². The number of thiazole rings is 1. The summed E-state index contributed by atoms with van der Waals surface area (Å²) in [6, 6.07) is 7.40. The maximum Gasteiger partial charge on any atom is 0.372 e. The van der Waals surface area contributed by atoms with E-state index in [9.17, 15) is 9.90 Å². The molecular weight excluding hydrogens is 288 g/mol. The van der Waals surface area contributed by atoms with Gasteiger partial charge in [0.15, 0.2) is 0 Å². The Balaban J connectivity index is 1.89. The topological polar surface area (TPSA) is 75.4 Å². The Morgan fingerprint density at radius 2 is 2.29 bits per heavy atom. The van der Waals surface area contributed by atoms with Crippen molar-refractivity contribution in [2.45, 2.75) is 19.5 Å². The molecule has 0 fully saturated rings. The molecule has 0 saturated heterocycles. The number of carbonyl (C=O) groups is 1. The van der Waals surface area contributed by atoms with Crippen LogP contribution >= 0.6 is 11.3 Å². The molecule has 1 atom stereocenters. The Hall–Kier alpha value is -2.18. The Kier molecular flexibility index (Phi) is 3.72. The van der Waals surface area contributed by atoms with E-state index in [0.717, 1.165) is 10.4 Å². The van der Waals surface area contributed by atoms with E-state index in [0.29, 0.717) is 17.7 Å². The van der Waals surface area contributed by atoms with Crippen LogP contribution in [0.15, 0.2) is 40.3 Å².